The Kier molecular flexibility index (Phi) is 3.71. The zero-order valence-electron chi connectivity index (χ0n) is 13.5. The summed E-state index contributed by atoms with van der Waals surface area (Å²) < 4.78 is 0. The predicted molar refractivity (Wildman–Crippen MR) is 97.8 cm³/mol. The highest BCUT2D eigenvalue weighted by molar-refractivity contribution is 5.84. The molecular formula is C20H18N4. The molecule has 2 aromatic heterocycles. The highest BCUT2D eigenvalue weighted by Crippen LogP contribution is 2.25. The lowest BCUT2D eigenvalue weighted by Gasteiger charge is -2.10. The van der Waals surface area contributed by atoms with Crippen LogP contribution in [0.5, 0.6) is 0 Å². The Balaban J connectivity index is 1.58. The first-order valence-corrected chi connectivity index (χ1v) is 7.96. The summed E-state index contributed by atoms with van der Waals surface area (Å²) in [4.78, 5) is 4.38. The molecule has 4 heteroatoms. The summed E-state index contributed by atoms with van der Waals surface area (Å²) in [5, 5.41) is 11.6. The van der Waals surface area contributed by atoms with Crippen LogP contribution >= 0.6 is 0 Å². The normalized spacial score (nSPS) is 10.9. The maximum Gasteiger partial charge on any atom is 0.0650 e. The Bertz CT molecular complexity index is 988. The Morgan fingerprint density at radius 3 is 2.79 bits per heavy atom. The molecule has 0 aliphatic heterocycles. The Morgan fingerprint density at radius 1 is 0.958 bits per heavy atom. The van der Waals surface area contributed by atoms with Gasteiger partial charge in [0.25, 0.3) is 0 Å². The average Bonchev–Trinajstić information content (AvgIpc) is 3.09. The number of fused-ring (bicyclic) bond motifs is 1. The third-order valence-corrected chi connectivity index (χ3v) is 4.26. The monoisotopic (exact) mass is 314 g/mol. The molecule has 2 heterocycles. The van der Waals surface area contributed by atoms with Gasteiger partial charge < -0.3 is 5.32 Å². The van der Waals surface area contributed by atoms with Gasteiger partial charge in [0, 0.05) is 29.9 Å². The van der Waals surface area contributed by atoms with Crippen molar-refractivity contribution in [3.05, 3.63) is 78.2 Å². The summed E-state index contributed by atoms with van der Waals surface area (Å²) in [6, 6.07) is 16.8. The topological polar surface area (TPSA) is 53.6 Å². The Labute approximate surface area is 140 Å². The van der Waals surface area contributed by atoms with Gasteiger partial charge in [-0.2, -0.15) is 5.10 Å². The van der Waals surface area contributed by atoms with Crippen molar-refractivity contribution < 1.29 is 0 Å². The van der Waals surface area contributed by atoms with Crippen LogP contribution in [-0.2, 0) is 6.54 Å². The number of aryl methyl sites for hydroxylation is 1. The van der Waals surface area contributed by atoms with E-state index in [0.29, 0.717) is 0 Å². The van der Waals surface area contributed by atoms with Crippen molar-refractivity contribution in [3.8, 4) is 11.1 Å². The van der Waals surface area contributed by atoms with Crippen LogP contribution in [0, 0.1) is 6.92 Å². The molecule has 0 amide bonds. The number of pyridine rings is 1. The van der Waals surface area contributed by atoms with Crippen molar-refractivity contribution in [3.63, 3.8) is 0 Å². The quantitative estimate of drug-likeness (QED) is 0.581. The van der Waals surface area contributed by atoms with Gasteiger partial charge in [-0.05, 0) is 41.8 Å². The standard InChI is InChI=1S/C20H18N4/c1-14-4-2-3-5-16(14)11-22-19-9-17(10-21-13-19)15-6-7-20-18(8-15)12-23-24-20/h2-10,12-13,22H,11H2,1H3,(H,23,24). The third-order valence-electron chi connectivity index (χ3n) is 4.26. The molecule has 0 radical (unpaired) electrons. The van der Waals surface area contributed by atoms with Crippen LogP contribution in [-0.4, -0.2) is 15.2 Å². The smallest absolute Gasteiger partial charge is 0.0650 e. The number of nitrogens with one attached hydrogen (secondary N) is 2. The van der Waals surface area contributed by atoms with E-state index in [0.717, 1.165) is 34.3 Å². The zero-order valence-corrected chi connectivity index (χ0v) is 13.5. The van der Waals surface area contributed by atoms with Crippen LogP contribution in [0.4, 0.5) is 5.69 Å². The molecule has 4 aromatic rings. The first kappa shape index (κ1) is 14.5. The first-order valence-electron chi connectivity index (χ1n) is 7.96. The molecular weight excluding hydrogens is 296 g/mol. The molecule has 0 unspecified atom stereocenters. The lowest BCUT2D eigenvalue weighted by molar-refractivity contribution is 1.11. The number of hydrogen-bond acceptors (Lipinski definition) is 3. The number of anilines is 1. The fraction of sp³-hybridized carbons (Fsp3) is 0.100. The fourth-order valence-corrected chi connectivity index (χ4v) is 2.82. The number of H-pyrrole nitrogens is 1. The van der Waals surface area contributed by atoms with Crippen LogP contribution in [0.15, 0.2) is 67.1 Å². The lowest BCUT2D eigenvalue weighted by atomic mass is 10.1. The largest absolute Gasteiger partial charge is 0.380 e. The summed E-state index contributed by atoms with van der Waals surface area (Å²) in [7, 11) is 0. The minimum Gasteiger partial charge on any atom is -0.380 e. The molecule has 2 N–H and O–H groups in total. The van der Waals surface area contributed by atoms with E-state index in [9.17, 15) is 0 Å². The Hall–Kier alpha value is -3.14. The highest BCUT2D eigenvalue weighted by atomic mass is 15.1. The van der Waals surface area contributed by atoms with E-state index in [2.05, 4.69) is 69.9 Å². The minimum absolute atomic E-state index is 0.790. The molecule has 0 bridgehead atoms. The van der Waals surface area contributed by atoms with E-state index in [4.69, 9.17) is 0 Å². The van der Waals surface area contributed by atoms with Gasteiger partial charge in [-0.3, -0.25) is 10.1 Å². The van der Waals surface area contributed by atoms with Gasteiger partial charge in [-0.15, -0.1) is 0 Å². The molecule has 0 atom stereocenters. The lowest BCUT2D eigenvalue weighted by Crippen LogP contribution is -2.01. The summed E-state index contributed by atoms with van der Waals surface area (Å²) in [5.41, 5.74) is 6.87. The molecule has 24 heavy (non-hydrogen) atoms. The second kappa shape index (κ2) is 6.16. The van der Waals surface area contributed by atoms with Crippen LogP contribution in [0.2, 0.25) is 0 Å². The van der Waals surface area contributed by atoms with Crippen LogP contribution in [0.3, 0.4) is 0 Å². The van der Waals surface area contributed by atoms with Crippen LogP contribution in [0.25, 0.3) is 22.0 Å². The third kappa shape index (κ3) is 2.86. The molecule has 0 aliphatic carbocycles. The molecule has 4 rings (SSSR count). The second-order valence-electron chi connectivity index (χ2n) is 5.91. The van der Waals surface area contributed by atoms with Gasteiger partial charge >= 0.3 is 0 Å². The SMILES string of the molecule is Cc1ccccc1CNc1cncc(-c2ccc3[nH]ncc3c2)c1. The summed E-state index contributed by atoms with van der Waals surface area (Å²) >= 11 is 0. The molecule has 0 spiro atoms. The van der Waals surface area contributed by atoms with E-state index in [1.54, 1.807) is 0 Å². The van der Waals surface area contributed by atoms with Gasteiger partial charge in [-0.1, -0.05) is 30.3 Å². The fourth-order valence-electron chi connectivity index (χ4n) is 2.82. The van der Waals surface area contributed by atoms with Gasteiger partial charge in [-0.25, -0.2) is 0 Å². The summed E-state index contributed by atoms with van der Waals surface area (Å²) in [5.74, 6) is 0. The summed E-state index contributed by atoms with van der Waals surface area (Å²) in [6.45, 7) is 2.92. The number of rotatable bonds is 4. The minimum atomic E-state index is 0.790. The molecule has 0 saturated heterocycles. The molecule has 0 aliphatic rings. The van der Waals surface area contributed by atoms with Gasteiger partial charge in [0.2, 0.25) is 0 Å². The van der Waals surface area contributed by atoms with Crippen molar-refractivity contribution in [2.75, 3.05) is 5.32 Å². The molecule has 4 nitrogen and oxygen atoms in total. The number of hydrogen-bond donors (Lipinski definition) is 2. The number of aromatic nitrogens is 3. The predicted octanol–water partition coefficient (Wildman–Crippen LogP) is 4.55. The van der Waals surface area contributed by atoms with Crippen molar-refractivity contribution in [1.82, 2.24) is 15.2 Å². The van der Waals surface area contributed by atoms with E-state index in [1.165, 1.54) is 11.1 Å². The van der Waals surface area contributed by atoms with Crippen LogP contribution < -0.4 is 5.32 Å². The van der Waals surface area contributed by atoms with E-state index in [1.807, 2.05) is 24.7 Å². The van der Waals surface area contributed by atoms with E-state index >= 15 is 0 Å². The zero-order chi connectivity index (χ0) is 16.4. The van der Waals surface area contributed by atoms with Crippen molar-refractivity contribution in [1.29, 1.82) is 0 Å². The number of benzene rings is 2. The molecule has 0 saturated carbocycles. The maximum absolute atomic E-state index is 4.38. The molecule has 0 fully saturated rings. The van der Waals surface area contributed by atoms with Crippen molar-refractivity contribution in [2.24, 2.45) is 0 Å². The average molecular weight is 314 g/mol. The van der Waals surface area contributed by atoms with Crippen LogP contribution in [0.1, 0.15) is 11.1 Å². The Morgan fingerprint density at radius 2 is 1.88 bits per heavy atom. The second-order valence-corrected chi connectivity index (χ2v) is 5.91. The van der Waals surface area contributed by atoms with E-state index < -0.39 is 0 Å². The molecule has 2 aromatic carbocycles. The van der Waals surface area contributed by atoms with Crippen molar-refractivity contribution >= 4 is 16.6 Å². The molecule has 118 valence electrons. The maximum atomic E-state index is 4.38. The first-order chi connectivity index (χ1) is 11.8. The highest BCUT2D eigenvalue weighted by Gasteiger charge is 2.04. The van der Waals surface area contributed by atoms with Gasteiger partial charge in [0.05, 0.1) is 17.4 Å². The number of nitrogens with zero attached hydrogens (tertiary/aromatic N) is 2. The van der Waals surface area contributed by atoms with E-state index in [-0.39, 0.29) is 0 Å². The summed E-state index contributed by atoms with van der Waals surface area (Å²) in [6.07, 6.45) is 5.59. The van der Waals surface area contributed by atoms with Gasteiger partial charge in [0.15, 0.2) is 0 Å². The van der Waals surface area contributed by atoms with Crippen molar-refractivity contribution in [2.45, 2.75) is 13.5 Å². The van der Waals surface area contributed by atoms with Gasteiger partial charge in [0.1, 0.15) is 0 Å². The number of aromatic amines is 1.